The SMILES string of the molecule is O=C(Nc1ccc2c(c1)OCCCO2)c1ccc(-c2ccccc2F)nc1. The minimum absolute atomic E-state index is 0.308. The zero-order valence-electron chi connectivity index (χ0n) is 14.4. The van der Waals surface area contributed by atoms with Gasteiger partial charge in [0, 0.05) is 29.9 Å². The molecule has 6 heteroatoms. The van der Waals surface area contributed by atoms with Gasteiger partial charge in [0.2, 0.25) is 0 Å². The Morgan fingerprint density at radius 3 is 2.59 bits per heavy atom. The number of amides is 1. The van der Waals surface area contributed by atoms with Crippen LogP contribution in [0, 0.1) is 5.82 Å². The average molecular weight is 364 g/mol. The number of anilines is 1. The van der Waals surface area contributed by atoms with Crippen LogP contribution in [0.5, 0.6) is 11.5 Å². The number of carbonyl (C=O) groups excluding carboxylic acids is 1. The Morgan fingerprint density at radius 1 is 1.00 bits per heavy atom. The summed E-state index contributed by atoms with van der Waals surface area (Å²) in [6, 6.07) is 14.9. The van der Waals surface area contributed by atoms with Gasteiger partial charge in [-0.2, -0.15) is 0 Å². The van der Waals surface area contributed by atoms with Crippen LogP contribution in [0.3, 0.4) is 0 Å². The lowest BCUT2D eigenvalue weighted by Crippen LogP contribution is -2.12. The lowest BCUT2D eigenvalue weighted by Gasteiger charge is -2.10. The number of ether oxygens (including phenoxy) is 2. The summed E-state index contributed by atoms with van der Waals surface area (Å²) in [5.74, 6) is 0.617. The highest BCUT2D eigenvalue weighted by molar-refractivity contribution is 6.04. The number of hydrogen-bond donors (Lipinski definition) is 1. The van der Waals surface area contributed by atoms with E-state index in [9.17, 15) is 9.18 Å². The molecule has 2 aromatic carbocycles. The van der Waals surface area contributed by atoms with Crippen molar-refractivity contribution in [3.8, 4) is 22.8 Å². The molecule has 1 aliphatic heterocycles. The fourth-order valence-electron chi connectivity index (χ4n) is 2.80. The van der Waals surface area contributed by atoms with E-state index in [1.807, 2.05) is 0 Å². The predicted molar refractivity (Wildman–Crippen MR) is 99.6 cm³/mol. The third-order valence-corrected chi connectivity index (χ3v) is 4.18. The monoisotopic (exact) mass is 364 g/mol. The summed E-state index contributed by atoms with van der Waals surface area (Å²) in [6.07, 6.45) is 2.25. The molecule has 1 aromatic heterocycles. The van der Waals surface area contributed by atoms with E-state index in [2.05, 4.69) is 10.3 Å². The number of rotatable bonds is 3. The predicted octanol–water partition coefficient (Wildman–Crippen LogP) is 4.30. The molecule has 0 radical (unpaired) electrons. The van der Waals surface area contributed by atoms with Gasteiger partial charge in [-0.25, -0.2) is 4.39 Å². The van der Waals surface area contributed by atoms with Gasteiger partial charge in [-0.3, -0.25) is 9.78 Å². The van der Waals surface area contributed by atoms with Gasteiger partial charge >= 0.3 is 0 Å². The normalized spacial score (nSPS) is 12.9. The molecule has 0 saturated carbocycles. The Bertz CT molecular complexity index is 973. The molecule has 0 atom stereocenters. The Labute approximate surface area is 155 Å². The van der Waals surface area contributed by atoms with Gasteiger partial charge in [-0.05, 0) is 36.4 Å². The van der Waals surface area contributed by atoms with Crippen LogP contribution in [-0.2, 0) is 0 Å². The van der Waals surface area contributed by atoms with E-state index in [0.29, 0.717) is 47.2 Å². The van der Waals surface area contributed by atoms with Crippen LogP contribution in [0.4, 0.5) is 10.1 Å². The Morgan fingerprint density at radius 2 is 1.81 bits per heavy atom. The zero-order valence-corrected chi connectivity index (χ0v) is 14.4. The van der Waals surface area contributed by atoms with Crippen molar-refractivity contribution < 1.29 is 18.7 Å². The van der Waals surface area contributed by atoms with E-state index in [4.69, 9.17) is 9.47 Å². The summed E-state index contributed by atoms with van der Waals surface area (Å²) >= 11 is 0. The molecule has 0 saturated heterocycles. The van der Waals surface area contributed by atoms with Crippen molar-refractivity contribution in [1.29, 1.82) is 0 Å². The van der Waals surface area contributed by atoms with Gasteiger partial charge in [0.15, 0.2) is 11.5 Å². The number of benzene rings is 2. The molecular formula is C21H17FN2O3. The topological polar surface area (TPSA) is 60.5 Å². The Balaban J connectivity index is 1.50. The van der Waals surface area contributed by atoms with Crippen molar-refractivity contribution in [2.45, 2.75) is 6.42 Å². The van der Waals surface area contributed by atoms with Crippen molar-refractivity contribution in [3.05, 3.63) is 72.2 Å². The van der Waals surface area contributed by atoms with Crippen molar-refractivity contribution >= 4 is 11.6 Å². The maximum Gasteiger partial charge on any atom is 0.257 e. The summed E-state index contributed by atoms with van der Waals surface area (Å²) < 4.78 is 25.1. The first kappa shape index (κ1) is 17.0. The van der Waals surface area contributed by atoms with Gasteiger partial charge in [0.05, 0.1) is 24.5 Å². The second kappa shape index (κ2) is 7.45. The molecule has 0 bridgehead atoms. The maximum absolute atomic E-state index is 13.8. The highest BCUT2D eigenvalue weighted by Crippen LogP contribution is 2.32. The molecule has 0 spiro atoms. The largest absolute Gasteiger partial charge is 0.490 e. The molecule has 2 heterocycles. The van der Waals surface area contributed by atoms with Crippen LogP contribution < -0.4 is 14.8 Å². The fourth-order valence-corrected chi connectivity index (χ4v) is 2.80. The van der Waals surface area contributed by atoms with Crippen LogP contribution in [-0.4, -0.2) is 24.1 Å². The number of nitrogens with zero attached hydrogens (tertiary/aromatic N) is 1. The first-order valence-corrected chi connectivity index (χ1v) is 8.63. The number of pyridine rings is 1. The van der Waals surface area contributed by atoms with E-state index in [1.165, 1.54) is 12.3 Å². The third-order valence-electron chi connectivity index (χ3n) is 4.18. The first-order chi connectivity index (χ1) is 13.2. The summed E-state index contributed by atoms with van der Waals surface area (Å²) in [6.45, 7) is 1.19. The Kier molecular flexibility index (Phi) is 4.70. The minimum atomic E-state index is -0.352. The third kappa shape index (κ3) is 3.74. The van der Waals surface area contributed by atoms with Crippen LogP contribution in [0.15, 0.2) is 60.8 Å². The van der Waals surface area contributed by atoms with Crippen LogP contribution in [0.25, 0.3) is 11.3 Å². The van der Waals surface area contributed by atoms with Gasteiger partial charge in [0.1, 0.15) is 5.82 Å². The van der Waals surface area contributed by atoms with Crippen molar-refractivity contribution in [2.75, 3.05) is 18.5 Å². The smallest absolute Gasteiger partial charge is 0.257 e. The second-order valence-corrected chi connectivity index (χ2v) is 6.08. The van der Waals surface area contributed by atoms with Crippen molar-refractivity contribution in [3.63, 3.8) is 0 Å². The summed E-state index contributed by atoms with van der Waals surface area (Å²) in [5, 5.41) is 2.81. The van der Waals surface area contributed by atoms with Gasteiger partial charge in [-0.15, -0.1) is 0 Å². The first-order valence-electron chi connectivity index (χ1n) is 8.63. The van der Waals surface area contributed by atoms with Crippen molar-refractivity contribution in [2.24, 2.45) is 0 Å². The molecule has 1 N–H and O–H groups in total. The van der Waals surface area contributed by atoms with Crippen molar-refractivity contribution in [1.82, 2.24) is 4.98 Å². The van der Waals surface area contributed by atoms with Gasteiger partial charge in [0.25, 0.3) is 5.91 Å². The molecule has 5 nitrogen and oxygen atoms in total. The Hall–Kier alpha value is -3.41. The van der Waals surface area contributed by atoms with E-state index >= 15 is 0 Å². The van der Waals surface area contributed by atoms with E-state index in [0.717, 1.165) is 6.42 Å². The van der Waals surface area contributed by atoms with Gasteiger partial charge < -0.3 is 14.8 Å². The van der Waals surface area contributed by atoms with E-state index in [-0.39, 0.29) is 11.7 Å². The highest BCUT2D eigenvalue weighted by atomic mass is 19.1. The number of carbonyl (C=O) groups is 1. The molecule has 0 unspecified atom stereocenters. The van der Waals surface area contributed by atoms with Crippen LogP contribution in [0.2, 0.25) is 0 Å². The lowest BCUT2D eigenvalue weighted by atomic mass is 10.1. The molecule has 1 aliphatic rings. The summed E-state index contributed by atoms with van der Waals surface area (Å²) in [7, 11) is 0. The molecular weight excluding hydrogens is 347 g/mol. The standard InChI is InChI=1S/C21H17FN2O3/c22-17-5-2-1-4-16(17)18-8-6-14(13-23-18)21(25)24-15-7-9-19-20(12-15)27-11-3-10-26-19/h1-2,4-9,12-13H,3,10-11H2,(H,24,25). The highest BCUT2D eigenvalue weighted by Gasteiger charge is 2.13. The zero-order chi connectivity index (χ0) is 18.6. The number of fused-ring (bicyclic) bond motifs is 1. The molecule has 4 rings (SSSR count). The quantitative estimate of drug-likeness (QED) is 0.753. The number of halogens is 1. The average Bonchev–Trinajstić information content (AvgIpc) is 2.93. The molecule has 0 aliphatic carbocycles. The van der Waals surface area contributed by atoms with Crippen LogP contribution in [0.1, 0.15) is 16.8 Å². The summed E-state index contributed by atoms with van der Waals surface area (Å²) in [4.78, 5) is 16.7. The van der Waals surface area contributed by atoms with E-state index in [1.54, 1.807) is 48.5 Å². The molecule has 3 aromatic rings. The minimum Gasteiger partial charge on any atom is -0.490 e. The molecule has 1 amide bonds. The van der Waals surface area contributed by atoms with Gasteiger partial charge in [-0.1, -0.05) is 12.1 Å². The van der Waals surface area contributed by atoms with Crippen LogP contribution >= 0.6 is 0 Å². The number of nitrogens with one attached hydrogen (secondary N) is 1. The molecule has 136 valence electrons. The molecule has 0 fully saturated rings. The van der Waals surface area contributed by atoms with E-state index < -0.39 is 0 Å². The summed E-state index contributed by atoms with van der Waals surface area (Å²) in [5.41, 5.74) is 1.84. The number of hydrogen-bond acceptors (Lipinski definition) is 4. The lowest BCUT2D eigenvalue weighted by molar-refractivity contribution is 0.102. The maximum atomic E-state index is 13.8. The second-order valence-electron chi connectivity index (χ2n) is 6.08. The fraction of sp³-hybridized carbons (Fsp3) is 0.143. The molecule has 27 heavy (non-hydrogen) atoms. The number of aromatic nitrogens is 1.